The monoisotopic (exact) mass is 420 g/mol. The number of hydrogen-bond acceptors (Lipinski definition) is 4. The standard InChI is InChI=1S/C18H30N2O2.C2HF3O2/c21-18(19-13-4-3-5-13)15-9-11-22-17-8-10-20(12-16(15)17)14-6-1-2-7-14;3-2(4,5)1(6)7/h13-17H,1-12H2,(H,19,21);(H,6,7)/t15-,16-,17-;/m1./s1. The van der Waals surface area contributed by atoms with Gasteiger partial charge < -0.3 is 15.2 Å². The summed E-state index contributed by atoms with van der Waals surface area (Å²) in [6, 6.07) is 1.24. The first kappa shape index (κ1) is 22.3. The van der Waals surface area contributed by atoms with Crippen molar-refractivity contribution in [2.24, 2.45) is 11.8 Å². The van der Waals surface area contributed by atoms with Gasteiger partial charge in [-0.15, -0.1) is 0 Å². The molecule has 2 aliphatic heterocycles. The van der Waals surface area contributed by atoms with Gasteiger partial charge in [0.05, 0.1) is 6.10 Å². The second-order valence-electron chi connectivity index (χ2n) is 8.63. The minimum Gasteiger partial charge on any atom is -0.475 e. The number of carboxylic acid groups (broad SMARTS) is 1. The largest absolute Gasteiger partial charge is 0.490 e. The van der Waals surface area contributed by atoms with Crippen LogP contribution in [0.15, 0.2) is 0 Å². The van der Waals surface area contributed by atoms with Crippen molar-refractivity contribution in [2.45, 2.75) is 82.2 Å². The zero-order chi connectivity index (χ0) is 21.0. The maximum atomic E-state index is 12.7. The lowest BCUT2D eigenvalue weighted by Crippen LogP contribution is -2.56. The maximum Gasteiger partial charge on any atom is 0.490 e. The van der Waals surface area contributed by atoms with Crippen LogP contribution in [0.25, 0.3) is 0 Å². The van der Waals surface area contributed by atoms with E-state index in [2.05, 4.69) is 10.2 Å². The number of amides is 1. The highest BCUT2D eigenvalue weighted by Gasteiger charge is 2.43. The molecule has 0 bridgehead atoms. The summed E-state index contributed by atoms with van der Waals surface area (Å²) in [5.41, 5.74) is 0. The van der Waals surface area contributed by atoms with Crippen LogP contribution in [-0.2, 0) is 14.3 Å². The lowest BCUT2D eigenvalue weighted by atomic mass is 9.78. The number of hydrogen-bond donors (Lipinski definition) is 2. The Hall–Kier alpha value is -1.35. The molecule has 0 spiro atoms. The Balaban J connectivity index is 0.000000298. The molecule has 4 aliphatic rings. The Bertz CT molecular complexity index is 577. The van der Waals surface area contributed by atoms with Gasteiger partial charge in [-0.2, -0.15) is 13.2 Å². The quantitative estimate of drug-likeness (QED) is 0.734. The van der Waals surface area contributed by atoms with Gasteiger partial charge in [-0.25, -0.2) is 4.79 Å². The summed E-state index contributed by atoms with van der Waals surface area (Å²) in [5, 5.41) is 10.4. The average molecular weight is 420 g/mol. The van der Waals surface area contributed by atoms with Crippen LogP contribution in [0.2, 0.25) is 0 Å². The van der Waals surface area contributed by atoms with E-state index < -0.39 is 12.1 Å². The third-order valence-electron chi connectivity index (χ3n) is 6.77. The summed E-state index contributed by atoms with van der Waals surface area (Å²) in [4.78, 5) is 24.3. The molecule has 0 aromatic rings. The minimum atomic E-state index is -5.08. The molecule has 0 radical (unpaired) electrons. The maximum absolute atomic E-state index is 12.7. The van der Waals surface area contributed by atoms with Crippen molar-refractivity contribution < 1.29 is 32.6 Å². The number of nitrogens with zero attached hydrogens (tertiary/aromatic N) is 1. The highest BCUT2D eigenvalue weighted by molar-refractivity contribution is 5.79. The van der Waals surface area contributed by atoms with Crippen molar-refractivity contribution in [3.05, 3.63) is 0 Å². The zero-order valence-corrected chi connectivity index (χ0v) is 16.6. The molecule has 9 heteroatoms. The van der Waals surface area contributed by atoms with Crippen LogP contribution in [0, 0.1) is 11.8 Å². The van der Waals surface area contributed by atoms with E-state index in [0.29, 0.717) is 24.0 Å². The number of rotatable bonds is 3. The van der Waals surface area contributed by atoms with Gasteiger partial charge in [-0.1, -0.05) is 12.8 Å². The van der Waals surface area contributed by atoms with E-state index in [0.717, 1.165) is 32.0 Å². The molecule has 0 unspecified atom stereocenters. The number of aliphatic carboxylic acids is 1. The third-order valence-corrected chi connectivity index (χ3v) is 6.77. The smallest absolute Gasteiger partial charge is 0.475 e. The van der Waals surface area contributed by atoms with E-state index in [1.165, 1.54) is 51.5 Å². The summed E-state index contributed by atoms with van der Waals surface area (Å²) in [5.74, 6) is -1.84. The SMILES string of the molecule is O=C(NC1CCC1)[C@@H]1CCO[C@@H]2CCN(C3CCCC3)C[C@@H]21.O=C(O)C(F)(F)F. The summed E-state index contributed by atoms with van der Waals surface area (Å²) in [6.07, 6.45) is 6.40. The van der Waals surface area contributed by atoms with Crippen molar-refractivity contribution in [2.75, 3.05) is 19.7 Å². The van der Waals surface area contributed by atoms with E-state index in [1.54, 1.807) is 0 Å². The van der Waals surface area contributed by atoms with Crippen molar-refractivity contribution in [3.63, 3.8) is 0 Å². The number of carboxylic acids is 1. The van der Waals surface area contributed by atoms with Crippen molar-refractivity contribution in [1.82, 2.24) is 10.2 Å². The van der Waals surface area contributed by atoms with Gasteiger partial charge >= 0.3 is 12.1 Å². The normalized spacial score (nSPS) is 31.2. The minimum absolute atomic E-state index is 0.184. The van der Waals surface area contributed by atoms with Gasteiger partial charge in [0.2, 0.25) is 5.91 Å². The van der Waals surface area contributed by atoms with Gasteiger partial charge in [0, 0.05) is 43.6 Å². The van der Waals surface area contributed by atoms with Crippen LogP contribution >= 0.6 is 0 Å². The Morgan fingerprint density at radius 3 is 2.21 bits per heavy atom. The van der Waals surface area contributed by atoms with Crippen molar-refractivity contribution in [1.29, 1.82) is 0 Å². The third kappa shape index (κ3) is 5.84. The van der Waals surface area contributed by atoms with E-state index in [-0.39, 0.29) is 5.92 Å². The van der Waals surface area contributed by atoms with Gasteiger partial charge in [0.25, 0.3) is 0 Å². The second-order valence-corrected chi connectivity index (χ2v) is 8.63. The van der Waals surface area contributed by atoms with Crippen molar-refractivity contribution >= 4 is 11.9 Å². The summed E-state index contributed by atoms with van der Waals surface area (Å²) in [6.45, 7) is 3.02. The number of nitrogens with one attached hydrogen (secondary N) is 1. The molecular weight excluding hydrogens is 389 g/mol. The topological polar surface area (TPSA) is 78.9 Å². The van der Waals surface area contributed by atoms with Crippen LogP contribution in [0.3, 0.4) is 0 Å². The Morgan fingerprint density at radius 1 is 1.00 bits per heavy atom. The summed E-state index contributed by atoms with van der Waals surface area (Å²) in [7, 11) is 0. The highest BCUT2D eigenvalue weighted by Crippen LogP contribution is 2.36. The molecule has 2 N–H and O–H groups in total. The van der Waals surface area contributed by atoms with Gasteiger partial charge in [-0.05, 0) is 44.9 Å². The predicted octanol–water partition coefficient (Wildman–Crippen LogP) is 2.96. The van der Waals surface area contributed by atoms with Gasteiger partial charge in [0.15, 0.2) is 0 Å². The molecule has 2 heterocycles. The van der Waals surface area contributed by atoms with Crippen LogP contribution in [-0.4, -0.2) is 65.9 Å². The van der Waals surface area contributed by atoms with Gasteiger partial charge in [0.1, 0.15) is 0 Å². The molecule has 0 aromatic carbocycles. The zero-order valence-electron chi connectivity index (χ0n) is 16.6. The number of fused-ring (bicyclic) bond motifs is 1. The first-order valence-corrected chi connectivity index (χ1v) is 10.7. The number of likely N-dealkylation sites (tertiary alicyclic amines) is 1. The molecule has 0 aromatic heterocycles. The lowest BCUT2D eigenvalue weighted by Gasteiger charge is -2.46. The molecule has 1 amide bonds. The predicted molar refractivity (Wildman–Crippen MR) is 99.3 cm³/mol. The first-order chi connectivity index (χ1) is 13.8. The fourth-order valence-corrected chi connectivity index (χ4v) is 4.93. The average Bonchev–Trinajstić information content (AvgIpc) is 3.18. The molecule has 4 fully saturated rings. The number of carbonyl (C=O) groups is 2. The van der Waals surface area contributed by atoms with Crippen LogP contribution < -0.4 is 5.32 Å². The Kier molecular flexibility index (Phi) is 7.42. The summed E-state index contributed by atoms with van der Waals surface area (Å²) >= 11 is 0. The van der Waals surface area contributed by atoms with Crippen LogP contribution in [0.5, 0.6) is 0 Å². The number of piperidine rings is 1. The highest BCUT2D eigenvalue weighted by atomic mass is 19.4. The molecule has 6 nitrogen and oxygen atoms in total. The number of carbonyl (C=O) groups excluding carboxylic acids is 1. The lowest BCUT2D eigenvalue weighted by molar-refractivity contribution is -0.192. The molecule has 3 atom stereocenters. The first-order valence-electron chi connectivity index (χ1n) is 10.7. The molecule has 166 valence electrons. The second kappa shape index (κ2) is 9.64. The summed E-state index contributed by atoms with van der Waals surface area (Å²) < 4.78 is 37.7. The van der Waals surface area contributed by atoms with Crippen molar-refractivity contribution in [3.8, 4) is 0 Å². The Labute approximate surface area is 169 Å². The molecule has 4 rings (SSSR count). The van der Waals surface area contributed by atoms with Crippen LogP contribution in [0.1, 0.15) is 57.8 Å². The molecule has 2 saturated heterocycles. The number of ether oxygens (including phenoxy) is 1. The van der Waals surface area contributed by atoms with E-state index in [9.17, 15) is 18.0 Å². The van der Waals surface area contributed by atoms with E-state index >= 15 is 0 Å². The van der Waals surface area contributed by atoms with Gasteiger partial charge in [-0.3, -0.25) is 9.69 Å². The molecular formula is C20H31F3N2O4. The molecule has 2 aliphatic carbocycles. The van der Waals surface area contributed by atoms with E-state index in [1.807, 2.05) is 0 Å². The number of halogens is 3. The number of alkyl halides is 3. The fourth-order valence-electron chi connectivity index (χ4n) is 4.93. The Morgan fingerprint density at radius 2 is 1.66 bits per heavy atom. The van der Waals surface area contributed by atoms with E-state index in [4.69, 9.17) is 14.6 Å². The van der Waals surface area contributed by atoms with Crippen LogP contribution in [0.4, 0.5) is 13.2 Å². The molecule has 29 heavy (non-hydrogen) atoms. The molecule has 2 saturated carbocycles. The fraction of sp³-hybridized carbons (Fsp3) is 0.900.